The van der Waals surface area contributed by atoms with Crippen molar-refractivity contribution in [3.8, 4) is 0 Å². The van der Waals surface area contributed by atoms with Gasteiger partial charge in [-0.25, -0.2) is 0 Å². The first kappa shape index (κ1) is 11.5. The van der Waals surface area contributed by atoms with Crippen LogP contribution in [0.15, 0.2) is 0 Å². The van der Waals surface area contributed by atoms with Crippen LogP contribution in [0, 0.1) is 5.92 Å². The second kappa shape index (κ2) is 5.32. The van der Waals surface area contributed by atoms with Crippen LogP contribution in [0.25, 0.3) is 0 Å². The summed E-state index contributed by atoms with van der Waals surface area (Å²) in [5.74, 6) is -0.455. The van der Waals surface area contributed by atoms with Gasteiger partial charge in [0.2, 0.25) is 0 Å². The number of rotatable bonds is 4. The molecular weight excluding hydrogens is 184 g/mol. The molecule has 1 heterocycles. The van der Waals surface area contributed by atoms with Gasteiger partial charge < -0.3 is 14.2 Å². The lowest BCUT2D eigenvalue weighted by molar-refractivity contribution is -0.154. The number of carbonyl (C=O) groups excluding carboxylic acids is 1. The van der Waals surface area contributed by atoms with Crippen molar-refractivity contribution in [3.63, 3.8) is 0 Å². The minimum atomic E-state index is -0.248. The quantitative estimate of drug-likeness (QED) is 0.638. The molecule has 0 N–H and O–H groups in total. The van der Waals surface area contributed by atoms with Crippen LogP contribution in [0.4, 0.5) is 0 Å². The molecule has 1 rings (SSSR count). The molecule has 0 aromatic heterocycles. The Labute approximate surface area is 84.5 Å². The highest BCUT2D eigenvalue weighted by Crippen LogP contribution is 2.23. The van der Waals surface area contributed by atoms with Crippen molar-refractivity contribution in [2.45, 2.75) is 32.5 Å². The van der Waals surface area contributed by atoms with Gasteiger partial charge in [-0.1, -0.05) is 0 Å². The Morgan fingerprint density at radius 2 is 2.36 bits per heavy atom. The largest absolute Gasteiger partial charge is 0.466 e. The van der Waals surface area contributed by atoms with E-state index < -0.39 is 0 Å². The van der Waals surface area contributed by atoms with E-state index in [1.54, 1.807) is 14.0 Å². The maximum Gasteiger partial charge on any atom is 0.311 e. The van der Waals surface area contributed by atoms with E-state index in [0.717, 1.165) is 6.42 Å². The molecule has 82 valence electrons. The van der Waals surface area contributed by atoms with E-state index in [4.69, 9.17) is 14.2 Å². The van der Waals surface area contributed by atoms with Crippen LogP contribution in [0.3, 0.4) is 0 Å². The van der Waals surface area contributed by atoms with Crippen LogP contribution >= 0.6 is 0 Å². The summed E-state index contributed by atoms with van der Waals surface area (Å²) in [5.41, 5.74) is 0. The Balaban J connectivity index is 2.50. The molecule has 3 atom stereocenters. The standard InChI is InChI=1S/C10H18O4/c1-4-13-10(11)7(2)9-8(12-3)5-6-14-9/h7-9H,4-6H2,1-3H3/t7-,8-,9+/m0/s1. The Morgan fingerprint density at radius 3 is 2.93 bits per heavy atom. The van der Waals surface area contributed by atoms with Gasteiger partial charge in [-0.15, -0.1) is 0 Å². The molecule has 0 saturated carbocycles. The highest BCUT2D eigenvalue weighted by Gasteiger charge is 2.36. The molecule has 0 unspecified atom stereocenters. The van der Waals surface area contributed by atoms with E-state index in [-0.39, 0.29) is 24.1 Å². The molecule has 0 amide bonds. The third kappa shape index (κ3) is 2.45. The minimum absolute atomic E-state index is 0.0226. The lowest BCUT2D eigenvalue weighted by atomic mass is 10.00. The summed E-state index contributed by atoms with van der Waals surface area (Å²) in [4.78, 5) is 11.4. The molecule has 0 spiro atoms. The fraction of sp³-hybridized carbons (Fsp3) is 0.900. The molecular formula is C10H18O4. The van der Waals surface area contributed by atoms with Crippen LogP contribution < -0.4 is 0 Å². The summed E-state index contributed by atoms with van der Waals surface area (Å²) in [6.07, 6.45) is 0.721. The second-order valence-electron chi connectivity index (χ2n) is 3.44. The fourth-order valence-electron chi connectivity index (χ4n) is 1.72. The summed E-state index contributed by atoms with van der Waals surface area (Å²) in [5, 5.41) is 0. The van der Waals surface area contributed by atoms with Gasteiger partial charge in [0.15, 0.2) is 0 Å². The minimum Gasteiger partial charge on any atom is -0.466 e. The Bertz CT molecular complexity index is 193. The zero-order valence-corrected chi connectivity index (χ0v) is 8.99. The summed E-state index contributed by atoms with van der Waals surface area (Å²) >= 11 is 0. The Hall–Kier alpha value is -0.610. The summed E-state index contributed by atoms with van der Waals surface area (Å²) in [6, 6.07) is 0. The first-order chi connectivity index (χ1) is 6.70. The average molecular weight is 202 g/mol. The maximum absolute atomic E-state index is 11.4. The molecule has 0 bridgehead atoms. The normalized spacial score (nSPS) is 28.8. The topological polar surface area (TPSA) is 44.8 Å². The zero-order chi connectivity index (χ0) is 10.6. The van der Waals surface area contributed by atoms with E-state index in [2.05, 4.69) is 0 Å². The van der Waals surface area contributed by atoms with Crippen molar-refractivity contribution in [2.75, 3.05) is 20.3 Å². The van der Waals surface area contributed by atoms with E-state index in [0.29, 0.717) is 13.2 Å². The SMILES string of the molecule is CCOC(=O)[C@@H](C)[C@H]1OCC[C@@H]1OC. The number of methoxy groups -OCH3 is 1. The number of hydrogen-bond donors (Lipinski definition) is 0. The predicted octanol–water partition coefficient (Wildman–Crippen LogP) is 0.990. The van der Waals surface area contributed by atoms with Crippen LogP contribution in [0.5, 0.6) is 0 Å². The van der Waals surface area contributed by atoms with E-state index >= 15 is 0 Å². The van der Waals surface area contributed by atoms with Crippen LogP contribution in [0.2, 0.25) is 0 Å². The van der Waals surface area contributed by atoms with Crippen molar-refractivity contribution >= 4 is 5.97 Å². The van der Waals surface area contributed by atoms with Crippen LogP contribution in [-0.4, -0.2) is 38.5 Å². The van der Waals surface area contributed by atoms with E-state index in [1.807, 2.05) is 6.92 Å². The molecule has 1 fully saturated rings. The smallest absolute Gasteiger partial charge is 0.311 e. The monoisotopic (exact) mass is 202 g/mol. The van der Waals surface area contributed by atoms with Gasteiger partial charge in [0.25, 0.3) is 0 Å². The van der Waals surface area contributed by atoms with Crippen molar-refractivity contribution in [1.82, 2.24) is 0 Å². The molecule has 4 nitrogen and oxygen atoms in total. The van der Waals surface area contributed by atoms with Crippen molar-refractivity contribution in [2.24, 2.45) is 5.92 Å². The third-order valence-corrected chi connectivity index (χ3v) is 2.53. The molecule has 1 aliphatic heterocycles. The molecule has 0 aromatic carbocycles. The van der Waals surface area contributed by atoms with Gasteiger partial charge in [-0.2, -0.15) is 0 Å². The van der Waals surface area contributed by atoms with Crippen molar-refractivity contribution < 1.29 is 19.0 Å². The Morgan fingerprint density at radius 1 is 1.64 bits per heavy atom. The van der Waals surface area contributed by atoms with Gasteiger partial charge in [0.05, 0.1) is 24.7 Å². The number of ether oxygens (including phenoxy) is 3. The van der Waals surface area contributed by atoms with Gasteiger partial charge in [-0.05, 0) is 20.3 Å². The molecule has 14 heavy (non-hydrogen) atoms. The number of hydrogen-bond acceptors (Lipinski definition) is 4. The predicted molar refractivity (Wildman–Crippen MR) is 51.0 cm³/mol. The molecule has 0 aliphatic carbocycles. The molecule has 1 aliphatic rings. The summed E-state index contributed by atoms with van der Waals surface area (Å²) < 4.78 is 15.6. The molecule has 0 radical (unpaired) electrons. The maximum atomic E-state index is 11.4. The second-order valence-corrected chi connectivity index (χ2v) is 3.44. The fourth-order valence-corrected chi connectivity index (χ4v) is 1.72. The Kier molecular flexibility index (Phi) is 4.35. The lowest BCUT2D eigenvalue weighted by Gasteiger charge is -2.22. The van der Waals surface area contributed by atoms with Crippen LogP contribution in [0.1, 0.15) is 20.3 Å². The van der Waals surface area contributed by atoms with Gasteiger partial charge in [0, 0.05) is 13.7 Å². The lowest BCUT2D eigenvalue weighted by Crippen LogP contribution is -2.35. The summed E-state index contributed by atoms with van der Waals surface area (Å²) in [7, 11) is 1.64. The molecule has 4 heteroatoms. The van der Waals surface area contributed by atoms with Crippen LogP contribution in [-0.2, 0) is 19.0 Å². The first-order valence-electron chi connectivity index (χ1n) is 5.01. The highest BCUT2D eigenvalue weighted by atomic mass is 16.6. The van der Waals surface area contributed by atoms with Gasteiger partial charge >= 0.3 is 5.97 Å². The van der Waals surface area contributed by atoms with Gasteiger partial charge in [-0.3, -0.25) is 4.79 Å². The van der Waals surface area contributed by atoms with E-state index in [9.17, 15) is 4.79 Å². The molecule has 0 aromatic rings. The van der Waals surface area contributed by atoms with E-state index in [1.165, 1.54) is 0 Å². The zero-order valence-electron chi connectivity index (χ0n) is 8.99. The average Bonchev–Trinajstić information content (AvgIpc) is 2.64. The third-order valence-electron chi connectivity index (χ3n) is 2.53. The molecule has 1 saturated heterocycles. The number of carbonyl (C=O) groups is 1. The first-order valence-corrected chi connectivity index (χ1v) is 5.01. The number of esters is 1. The van der Waals surface area contributed by atoms with Crippen molar-refractivity contribution in [3.05, 3.63) is 0 Å². The summed E-state index contributed by atoms with van der Waals surface area (Å²) in [6.45, 7) is 4.69. The highest BCUT2D eigenvalue weighted by molar-refractivity contribution is 5.72. The van der Waals surface area contributed by atoms with Crippen molar-refractivity contribution in [1.29, 1.82) is 0 Å². The van der Waals surface area contributed by atoms with Gasteiger partial charge in [0.1, 0.15) is 0 Å².